The van der Waals surface area contributed by atoms with E-state index < -0.39 is 0 Å². The molecule has 1 heterocycles. The van der Waals surface area contributed by atoms with E-state index in [4.69, 9.17) is 4.74 Å². The number of Topliss-reactive ketones (excluding diaryl/α,β-unsaturated/α-hetero) is 1. The van der Waals surface area contributed by atoms with Crippen LogP contribution in [0.4, 0.5) is 0 Å². The third-order valence-electron chi connectivity index (χ3n) is 2.77. The lowest BCUT2D eigenvalue weighted by Gasteiger charge is -2.24. The second kappa shape index (κ2) is 3.12. The highest BCUT2D eigenvalue weighted by molar-refractivity contribution is 6.00. The molecule has 14 heavy (non-hydrogen) atoms. The van der Waals surface area contributed by atoms with Crippen molar-refractivity contribution in [3.63, 3.8) is 0 Å². The van der Waals surface area contributed by atoms with Crippen molar-refractivity contribution in [3.8, 4) is 5.75 Å². The van der Waals surface area contributed by atoms with E-state index in [9.17, 15) is 4.79 Å². The average Bonchev–Trinajstić information content (AvgIpc) is 2.12. The number of ketones is 1. The van der Waals surface area contributed by atoms with E-state index in [1.165, 1.54) is 5.56 Å². The fourth-order valence-corrected chi connectivity index (χ4v) is 1.78. The number of carbonyl (C=O) groups excluding carboxylic acids is 1. The first-order valence-corrected chi connectivity index (χ1v) is 4.89. The van der Waals surface area contributed by atoms with Gasteiger partial charge in [0.05, 0.1) is 5.56 Å². The normalized spacial score (nSPS) is 20.2. The molecule has 2 nitrogen and oxygen atoms in total. The van der Waals surface area contributed by atoms with Crippen LogP contribution in [0.5, 0.6) is 5.75 Å². The van der Waals surface area contributed by atoms with Crippen LogP contribution in [-0.4, -0.2) is 11.9 Å². The molecule has 0 spiro atoms. The van der Waals surface area contributed by atoms with Crippen LogP contribution in [0.1, 0.15) is 34.8 Å². The highest BCUT2D eigenvalue weighted by atomic mass is 16.5. The molecule has 0 N–H and O–H groups in total. The molecule has 2 heteroatoms. The standard InChI is InChI=1S/C12H14O2/c1-7-4-5-10-11(13)6-8(2)14-12(10)9(7)3/h4-5,8H,6H2,1-3H3/t8-/m0/s1. The predicted molar refractivity (Wildman–Crippen MR) is 55.0 cm³/mol. The quantitative estimate of drug-likeness (QED) is 0.628. The van der Waals surface area contributed by atoms with Gasteiger partial charge in [0.1, 0.15) is 11.9 Å². The second-order valence-electron chi connectivity index (χ2n) is 3.94. The van der Waals surface area contributed by atoms with E-state index >= 15 is 0 Å². The van der Waals surface area contributed by atoms with Gasteiger partial charge in [0.2, 0.25) is 0 Å². The average molecular weight is 190 g/mol. The van der Waals surface area contributed by atoms with Crippen LogP contribution in [-0.2, 0) is 0 Å². The molecule has 0 saturated carbocycles. The van der Waals surface area contributed by atoms with E-state index in [1.54, 1.807) is 0 Å². The van der Waals surface area contributed by atoms with Gasteiger partial charge in [0.15, 0.2) is 5.78 Å². The summed E-state index contributed by atoms with van der Waals surface area (Å²) in [5.74, 6) is 0.982. The molecule has 1 aliphatic heterocycles. The summed E-state index contributed by atoms with van der Waals surface area (Å²) in [6.07, 6.45) is 0.505. The van der Waals surface area contributed by atoms with Crippen molar-refractivity contribution >= 4 is 5.78 Å². The van der Waals surface area contributed by atoms with Crippen molar-refractivity contribution in [2.75, 3.05) is 0 Å². The van der Waals surface area contributed by atoms with Gasteiger partial charge in [0.25, 0.3) is 0 Å². The molecular weight excluding hydrogens is 176 g/mol. The molecule has 0 bridgehead atoms. The Balaban J connectivity index is 2.59. The molecule has 1 aromatic carbocycles. The lowest BCUT2D eigenvalue weighted by Crippen LogP contribution is -2.24. The van der Waals surface area contributed by atoms with Crippen LogP contribution >= 0.6 is 0 Å². The molecule has 0 aromatic heterocycles. The van der Waals surface area contributed by atoms with Crippen molar-refractivity contribution in [1.82, 2.24) is 0 Å². The van der Waals surface area contributed by atoms with Crippen molar-refractivity contribution < 1.29 is 9.53 Å². The monoisotopic (exact) mass is 190 g/mol. The topological polar surface area (TPSA) is 26.3 Å². The largest absolute Gasteiger partial charge is 0.489 e. The molecule has 1 aromatic rings. The minimum Gasteiger partial charge on any atom is -0.489 e. The molecule has 1 atom stereocenters. The molecule has 0 aliphatic carbocycles. The number of benzene rings is 1. The Kier molecular flexibility index (Phi) is 2.06. The lowest BCUT2D eigenvalue weighted by molar-refractivity contribution is 0.0869. The highest BCUT2D eigenvalue weighted by Gasteiger charge is 2.25. The van der Waals surface area contributed by atoms with Gasteiger partial charge in [-0.3, -0.25) is 4.79 Å². The summed E-state index contributed by atoms with van der Waals surface area (Å²) in [4.78, 5) is 11.7. The SMILES string of the molecule is Cc1ccc2c(c1C)O[C@@H](C)CC2=O. The maximum absolute atomic E-state index is 11.7. The van der Waals surface area contributed by atoms with Crippen molar-refractivity contribution in [3.05, 3.63) is 28.8 Å². The van der Waals surface area contributed by atoms with Gasteiger partial charge in [-0.2, -0.15) is 0 Å². The number of rotatable bonds is 0. The van der Waals surface area contributed by atoms with Gasteiger partial charge in [-0.1, -0.05) is 6.07 Å². The first kappa shape index (κ1) is 9.25. The first-order valence-electron chi connectivity index (χ1n) is 4.89. The molecule has 0 fully saturated rings. The van der Waals surface area contributed by atoms with E-state index in [-0.39, 0.29) is 11.9 Å². The summed E-state index contributed by atoms with van der Waals surface area (Å²) in [5, 5.41) is 0. The molecule has 74 valence electrons. The third kappa shape index (κ3) is 1.31. The summed E-state index contributed by atoms with van der Waals surface area (Å²) >= 11 is 0. The Morgan fingerprint density at radius 1 is 1.36 bits per heavy atom. The molecule has 0 saturated heterocycles. The zero-order valence-electron chi connectivity index (χ0n) is 8.76. The highest BCUT2D eigenvalue weighted by Crippen LogP contribution is 2.32. The Bertz CT molecular complexity index is 394. The minimum absolute atomic E-state index is 0.00972. The zero-order valence-corrected chi connectivity index (χ0v) is 8.76. The molecule has 0 radical (unpaired) electrons. The fourth-order valence-electron chi connectivity index (χ4n) is 1.78. The summed E-state index contributed by atoms with van der Waals surface area (Å²) < 4.78 is 5.69. The van der Waals surface area contributed by atoms with Gasteiger partial charge >= 0.3 is 0 Å². The van der Waals surface area contributed by atoms with E-state index in [1.807, 2.05) is 32.9 Å². The zero-order chi connectivity index (χ0) is 10.3. The van der Waals surface area contributed by atoms with Crippen LogP contribution in [0.3, 0.4) is 0 Å². The van der Waals surface area contributed by atoms with Gasteiger partial charge in [-0.15, -0.1) is 0 Å². The lowest BCUT2D eigenvalue weighted by atomic mass is 9.96. The molecule has 1 aliphatic rings. The number of hydrogen-bond acceptors (Lipinski definition) is 2. The maximum Gasteiger partial charge on any atom is 0.170 e. The number of aryl methyl sites for hydroxylation is 1. The van der Waals surface area contributed by atoms with E-state index in [0.717, 1.165) is 16.9 Å². The summed E-state index contributed by atoms with van der Waals surface area (Å²) in [6, 6.07) is 3.84. The van der Waals surface area contributed by atoms with Crippen LogP contribution < -0.4 is 4.74 Å². The molecule has 0 amide bonds. The minimum atomic E-state index is 0.00972. The van der Waals surface area contributed by atoms with Crippen molar-refractivity contribution in [2.45, 2.75) is 33.3 Å². The Hall–Kier alpha value is -1.31. The molecule has 0 unspecified atom stereocenters. The number of carbonyl (C=O) groups is 1. The Labute approximate surface area is 83.9 Å². The number of fused-ring (bicyclic) bond motifs is 1. The Morgan fingerprint density at radius 3 is 2.79 bits per heavy atom. The van der Waals surface area contributed by atoms with Crippen LogP contribution in [0.2, 0.25) is 0 Å². The van der Waals surface area contributed by atoms with Gasteiger partial charge in [-0.05, 0) is 38.0 Å². The fraction of sp³-hybridized carbons (Fsp3) is 0.417. The summed E-state index contributed by atoms with van der Waals surface area (Å²) in [6.45, 7) is 5.96. The smallest absolute Gasteiger partial charge is 0.170 e. The summed E-state index contributed by atoms with van der Waals surface area (Å²) in [7, 11) is 0. The molecule has 2 rings (SSSR count). The third-order valence-corrected chi connectivity index (χ3v) is 2.77. The van der Waals surface area contributed by atoms with Crippen LogP contribution in [0.15, 0.2) is 12.1 Å². The first-order chi connectivity index (χ1) is 6.59. The van der Waals surface area contributed by atoms with Crippen LogP contribution in [0, 0.1) is 13.8 Å². The second-order valence-corrected chi connectivity index (χ2v) is 3.94. The van der Waals surface area contributed by atoms with Gasteiger partial charge in [0, 0.05) is 6.42 Å². The van der Waals surface area contributed by atoms with E-state index in [2.05, 4.69) is 0 Å². The Morgan fingerprint density at radius 2 is 2.07 bits per heavy atom. The number of hydrogen-bond donors (Lipinski definition) is 0. The van der Waals surface area contributed by atoms with E-state index in [0.29, 0.717) is 6.42 Å². The van der Waals surface area contributed by atoms with Gasteiger partial charge in [-0.25, -0.2) is 0 Å². The predicted octanol–water partition coefficient (Wildman–Crippen LogP) is 2.66. The van der Waals surface area contributed by atoms with Crippen LogP contribution in [0.25, 0.3) is 0 Å². The number of ether oxygens (including phenoxy) is 1. The summed E-state index contributed by atoms with van der Waals surface area (Å²) in [5.41, 5.74) is 3.00. The maximum atomic E-state index is 11.7. The molecular formula is C12H14O2. The van der Waals surface area contributed by atoms with Crippen molar-refractivity contribution in [2.24, 2.45) is 0 Å². The van der Waals surface area contributed by atoms with Crippen molar-refractivity contribution in [1.29, 1.82) is 0 Å². The van der Waals surface area contributed by atoms with Gasteiger partial charge < -0.3 is 4.74 Å².